The molecule has 0 aliphatic carbocycles. The van der Waals surface area contributed by atoms with E-state index in [1.54, 1.807) is 52.4 Å². The van der Waals surface area contributed by atoms with Crippen LogP contribution in [0.1, 0.15) is 16.1 Å². The first-order valence-electron chi connectivity index (χ1n) is 11.1. The number of pyridine rings is 1. The molecule has 0 bridgehead atoms. The summed E-state index contributed by atoms with van der Waals surface area (Å²) in [7, 11) is 0. The predicted molar refractivity (Wildman–Crippen MR) is 121 cm³/mol. The zero-order valence-corrected chi connectivity index (χ0v) is 18.7. The molecule has 1 aromatic carbocycles. The minimum atomic E-state index is -0.516. The van der Waals surface area contributed by atoms with Crippen LogP contribution in [0, 0.1) is 12.7 Å². The third-order valence-corrected chi connectivity index (χ3v) is 6.00. The van der Waals surface area contributed by atoms with Gasteiger partial charge in [-0.05, 0) is 37.3 Å². The summed E-state index contributed by atoms with van der Waals surface area (Å²) in [6.45, 7) is 4.52. The standard InChI is InChI=1S/C23H24FN7O3/c1-16-13-30(27-26-16)14-19-15-31(23(33)34-19)18-2-3-21(20(24)12-18)28-8-10-29(11-9-28)22(32)17-4-6-25-7-5-17/h2-7,12-13,19H,8-11,14-15H2,1H3/t19-/m0/s1. The largest absolute Gasteiger partial charge is 0.442 e. The highest BCUT2D eigenvalue weighted by molar-refractivity contribution is 5.94. The molecular weight excluding hydrogens is 441 g/mol. The van der Waals surface area contributed by atoms with Crippen LogP contribution in [0.3, 0.4) is 0 Å². The molecule has 2 amide bonds. The van der Waals surface area contributed by atoms with Crippen molar-refractivity contribution < 1.29 is 18.7 Å². The monoisotopic (exact) mass is 465 g/mol. The molecule has 0 saturated carbocycles. The highest BCUT2D eigenvalue weighted by Crippen LogP contribution is 2.29. The first kappa shape index (κ1) is 21.8. The van der Waals surface area contributed by atoms with Gasteiger partial charge in [-0.3, -0.25) is 14.7 Å². The molecule has 34 heavy (non-hydrogen) atoms. The van der Waals surface area contributed by atoms with Crippen molar-refractivity contribution >= 4 is 23.4 Å². The van der Waals surface area contributed by atoms with Gasteiger partial charge >= 0.3 is 6.09 Å². The molecule has 5 rings (SSSR count). The first-order chi connectivity index (χ1) is 16.5. The minimum absolute atomic E-state index is 0.0546. The van der Waals surface area contributed by atoms with Crippen LogP contribution >= 0.6 is 0 Å². The van der Waals surface area contributed by atoms with Crippen molar-refractivity contribution in [1.29, 1.82) is 0 Å². The number of ether oxygens (including phenoxy) is 1. The van der Waals surface area contributed by atoms with Crippen molar-refractivity contribution in [2.45, 2.75) is 19.6 Å². The first-order valence-corrected chi connectivity index (χ1v) is 11.1. The molecule has 176 valence electrons. The Hall–Kier alpha value is -4.02. The van der Waals surface area contributed by atoms with Crippen molar-refractivity contribution in [3.8, 4) is 0 Å². The van der Waals surface area contributed by atoms with Crippen LogP contribution in [-0.2, 0) is 11.3 Å². The Labute approximate surface area is 195 Å². The van der Waals surface area contributed by atoms with Gasteiger partial charge in [-0.15, -0.1) is 5.10 Å². The van der Waals surface area contributed by atoms with E-state index in [0.29, 0.717) is 56.2 Å². The summed E-state index contributed by atoms with van der Waals surface area (Å²) in [6, 6.07) is 8.12. The predicted octanol–water partition coefficient (Wildman–Crippen LogP) is 2.11. The summed E-state index contributed by atoms with van der Waals surface area (Å²) in [5.74, 6) is -0.476. The number of benzene rings is 1. The van der Waals surface area contributed by atoms with E-state index in [4.69, 9.17) is 4.74 Å². The Bertz CT molecular complexity index is 1190. The zero-order valence-electron chi connectivity index (χ0n) is 18.7. The van der Waals surface area contributed by atoms with E-state index in [0.717, 1.165) is 5.69 Å². The van der Waals surface area contributed by atoms with Gasteiger partial charge < -0.3 is 14.5 Å². The van der Waals surface area contributed by atoms with E-state index in [1.807, 2.05) is 11.8 Å². The quantitative estimate of drug-likeness (QED) is 0.569. The third kappa shape index (κ3) is 4.41. The highest BCUT2D eigenvalue weighted by atomic mass is 19.1. The minimum Gasteiger partial charge on any atom is -0.442 e. The number of piperazine rings is 1. The van der Waals surface area contributed by atoms with Crippen LogP contribution in [0.4, 0.5) is 20.6 Å². The SMILES string of the molecule is Cc1cn(C[C@H]2CN(c3ccc(N4CCN(C(=O)c5ccncc5)CC4)c(F)c3)C(=O)O2)nn1. The van der Waals surface area contributed by atoms with E-state index >= 15 is 4.39 Å². The molecule has 0 N–H and O–H groups in total. The summed E-state index contributed by atoms with van der Waals surface area (Å²) in [5, 5.41) is 7.91. The van der Waals surface area contributed by atoms with Crippen molar-refractivity contribution in [3.63, 3.8) is 0 Å². The lowest BCUT2D eigenvalue weighted by atomic mass is 10.2. The Morgan fingerprint density at radius 1 is 1.15 bits per heavy atom. The molecule has 2 aromatic heterocycles. The number of cyclic esters (lactones) is 1. The maximum absolute atomic E-state index is 15.1. The number of aromatic nitrogens is 4. The van der Waals surface area contributed by atoms with Crippen molar-refractivity contribution in [3.05, 3.63) is 66.0 Å². The fourth-order valence-corrected chi connectivity index (χ4v) is 4.27. The second-order valence-corrected chi connectivity index (χ2v) is 8.35. The van der Waals surface area contributed by atoms with Gasteiger partial charge in [0, 0.05) is 50.3 Å². The summed E-state index contributed by atoms with van der Waals surface area (Å²) < 4.78 is 22.1. The maximum atomic E-state index is 15.1. The lowest BCUT2D eigenvalue weighted by molar-refractivity contribution is 0.0746. The number of hydrogen-bond donors (Lipinski definition) is 0. The van der Waals surface area contributed by atoms with Crippen LogP contribution in [0.25, 0.3) is 0 Å². The van der Waals surface area contributed by atoms with Crippen molar-refractivity contribution in [2.75, 3.05) is 42.5 Å². The summed E-state index contributed by atoms with van der Waals surface area (Å²) >= 11 is 0. The molecule has 11 heteroatoms. The summed E-state index contributed by atoms with van der Waals surface area (Å²) in [6.07, 6.45) is 4.04. The van der Waals surface area contributed by atoms with Crippen molar-refractivity contribution in [1.82, 2.24) is 24.9 Å². The smallest absolute Gasteiger partial charge is 0.414 e. The van der Waals surface area contributed by atoms with Gasteiger partial charge in [-0.1, -0.05) is 5.21 Å². The molecule has 1 atom stereocenters. The fraction of sp³-hybridized carbons (Fsp3) is 0.348. The Balaban J connectivity index is 1.21. The molecule has 0 radical (unpaired) electrons. The van der Waals surface area contributed by atoms with E-state index in [2.05, 4.69) is 15.3 Å². The highest BCUT2D eigenvalue weighted by Gasteiger charge is 2.33. The molecule has 2 aliphatic heterocycles. The van der Waals surface area contributed by atoms with Gasteiger partial charge in [0.2, 0.25) is 0 Å². The number of aryl methyl sites for hydroxylation is 1. The average Bonchev–Trinajstić information content (AvgIpc) is 3.43. The second-order valence-electron chi connectivity index (χ2n) is 8.35. The lowest BCUT2D eigenvalue weighted by Crippen LogP contribution is -2.49. The molecule has 2 fully saturated rings. The normalized spacial score (nSPS) is 18.4. The third-order valence-electron chi connectivity index (χ3n) is 6.00. The lowest BCUT2D eigenvalue weighted by Gasteiger charge is -2.36. The van der Waals surface area contributed by atoms with E-state index in [-0.39, 0.29) is 5.91 Å². The van der Waals surface area contributed by atoms with Gasteiger partial charge in [0.1, 0.15) is 11.9 Å². The maximum Gasteiger partial charge on any atom is 0.414 e. The van der Waals surface area contributed by atoms with Gasteiger partial charge in [0.05, 0.1) is 30.2 Å². The molecule has 3 aromatic rings. The van der Waals surface area contributed by atoms with Gasteiger partial charge in [-0.25, -0.2) is 13.9 Å². The summed E-state index contributed by atoms with van der Waals surface area (Å²) in [4.78, 5) is 34.0. The fourth-order valence-electron chi connectivity index (χ4n) is 4.27. The van der Waals surface area contributed by atoms with E-state index in [9.17, 15) is 9.59 Å². The van der Waals surface area contributed by atoms with Crippen LogP contribution in [0.15, 0.2) is 48.9 Å². The Kier molecular flexibility index (Phi) is 5.83. The number of rotatable bonds is 5. The molecule has 10 nitrogen and oxygen atoms in total. The number of nitrogens with zero attached hydrogens (tertiary/aromatic N) is 7. The number of carbonyl (C=O) groups excluding carboxylic acids is 2. The average molecular weight is 465 g/mol. The molecule has 4 heterocycles. The number of amides is 2. The van der Waals surface area contributed by atoms with Gasteiger partial charge in [0.25, 0.3) is 5.91 Å². The number of carbonyl (C=O) groups is 2. The van der Waals surface area contributed by atoms with Gasteiger partial charge in [0.15, 0.2) is 0 Å². The molecule has 2 aliphatic rings. The second kappa shape index (κ2) is 9.08. The van der Waals surface area contributed by atoms with E-state index in [1.165, 1.54) is 11.0 Å². The van der Waals surface area contributed by atoms with Crippen LogP contribution in [0.5, 0.6) is 0 Å². The Morgan fingerprint density at radius 2 is 1.91 bits per heavy atom. The summed E-state index contributed by atoms with van der Waals surface area (Å²) in [5.41, 5.74) is 2.26. The number of anilines is 2. The molecule has 0 spiro atoms. The molecule has 2 saturated heterocycles. The molecule has 0 unspecified atom stereocenters. The molecular formula is C23H24FN7O3. The number of hydrogen-bond acceptors (Lipinski definition) is 7. The number of halogens is 1. The van der Waals surface area contributed by atoms with Crippen LogP contribution < -0.4 is 9.80 Å². The zero-order chi connectivity index (χ0) is 23.7. The van der Waals surface area contributed by atoms with Crippen molar-refractivity contribution in [2.24, 2.45) is 0 Å². The van der Waals surface area contributed by atoms with Crippen LogP contribution in [0.2, 0.25) is 0 Å². The van der Waals surface area contributed by atoms with Gasteiger partial charge in [-0.2, -0.15) is 0 Å². The van der Waals surface area contributed by atoms with E-state index < -0.39 is 18.0 Å². The topological polar surface area (TPSA) is 96.7 Å². The Morgan fingerprint density at radius 3 is 2.59 bits per heavy atom. The van der Waals surface area contributed by atoms with Crippen LogP contribution in [-0.4, -0.2) is 75.7 Å².